The fraction of sp³-hybridized carbons (Fsp3) is 0.333. The van der Waals surface area contributed by atoms with Crippen molar-refractivity contribution in [1.82, 2.24) is 20.1 Å². The van der Waals surface area contributed by atoms with Gasteiger partial charge in [0.25, 0.3) is 5.91 Å². The van der Waals surface area contributed by atoms with Crippen LogP contribution in [0.2, 0.25) is 0 Å². The smallest absolute Gasteiger partial charge is 0.367 e. The summed E-state index contributed by atoms with van der Waals surface area (Å²) in [4.78, 5) is 32.1. The SMILES string of the molecule is Cc1ccc(-n2nc3c(c2NC(=O)CS(C)(=N)=O)C(=O)NC2(C3)CN(c3ccc(C(F)(F)F)cc3)C2)nc1. The number of carbonyl (C=O) groups excluding carboxylic acids is 2. The fourth-order valence-corrected chi connectivity index (χ4v) is 5.27. The maximum absolute atomic E-state index is 13.3. The van der Waals surface area contributed by atoms with Crippen LogP contribution in [0, 0.1) is 11.7 Å². The molecule has 38 heavy (non-hydrogen) atoms. The maximum atomic E-state index is 13.3. The van der Waals surface area contributed by atoms with Gasteiger partial charge in [-0.25, -0.2) is 9.19 Å². The van der Waals surface area contributed by atoms with E-state index in [1.807, 2.05) is 11.8 Å². The van der Waals surface area contributed by atoms with Crippen molar-refractivity contribution in [2.45, 2.75) is 25.1 Å². The highest BCUT2D eigenvalue weighted by atomic mass is 32.2. The number of anilines is 2. The number of hydrogen-bond acceptors (Lipinski definition) is 7. The van der Waals surface area contributed by atoms with Gasteiger partial charge in [-0.3, -0.25) is 14.4 Å². The molecule has 3 aromatic rings. The third-order valence-electron chi connectivity index (χ3n) is 6.39. The highest BCUT2D eigenvalue weighted by molar-refractivity contribution is 7.92. The summed E-state index contributed by atoms with van der Waals surface area (Å²) >= 11 is 0. The summed E-state index contributed by atoms with van der Waals surface area (Å²) in [5.74, 6) is -1.31. The summed E-state index contributed by atoms with van der Waals surface area (Å²) in [6.07, 6.45) is -1.35. The molecule has 2 aliphatic rings. The Hall–Kier alpha value is -3.94. The van der Waals surface area contributed by atoms with Crippen LogP contribution >= 0.6 is 0 Å². The van der Waals surface area contributed by atoms with Crippen LogP contribution in [0.1, 0.15) is 27.2 Å². The van der Waals surface area contributed by atoms with Gasteiger partial charge in [0.05, 0.1) is 26.5 Å². The van der Waals surface area contributed by atoms with E-state index in [1.165, 1.54) is 16.8 Å². The van der Waals surface area contributed by atoms with E-state index in [9.17, 15) is 27.0 Å². The second kappa shape index (κ2) is 8.82. The molecule has 2 aliphatic heterocycles. The minimum atomic E-state index is -4.42. The van der Waals surface area contributed by atoms with Crippen molar-refractivity contribution in [2.24, 2.45) is 0 Å². The monoisotopic (exact) mass is 547 g/mol. The van der Waals surface area contributed by atoms with E-state index in [-0.39, 0.29) is 11.4 Å². The van der Waals surface area contributed by atoms with Crippen molar-refractivity contribution in [1.29, 1.82) is 4.78 Å². The van der Waals surface area contributed by atoms with E-state index >= 15 is 0 Å². The van der Waals surface area contributed by atoms with Gasteiger partial charge in [0, 0.05) is 37.7 Å². The lowest BCUT2D eigenvalue weighted by Gasteiger charge is -2.52. The number of benzene rings is 1. The molecule has 1 saturated heterocycles. The second-order valence-electron chi connectivity index (χ2n) is 9.79. The number of alkyl halides is 3. The molecular weight excluding hydrogens is 523 g/mol. The molecule has 0 bridgehead atoms. The van der Waals surface area contributed by atoms with Crippen LogP contribution in [0.4, 0.5) is 24.7 Å². The lowest BCUT2D eigenvalue weighted by molar-refractivity contribution is -0.137. The highest BCUT2D eigenvalue weighted by Crippen LogP contribution is 2.38. The van der Waals surface area contributed by atoms with Crippen LogP contribution in [0.5, 0.6) is 0 Å². The van der Waals surface area contributed by atoms with E-state index in [2.05, 4.69) is 20.7 Å². The Morgan fingerprint density at radius 3 is 2.47 bits per heavy atom. The first-order chi connectivity index (χ1) is 17.7. The largest absolute Gasteiger partial charge is 0.416 e. The molecule has 200 valence electrons. The van der Waals surface area contributed by atoms with Crippen molar-refractivity contribution in [2.75, 3.05) is 35.3 Å². The van der Waals surface area contributed by atoms with Gasteiger partial charge >= 0.3 is 6.18 Å². The Balaban J connectivity index is 1.43. The predicted octanol–water partition coefficient (Wildman–Crippen LogP) is 2.75. The molecule has 1 unspecified atom stereocenters. The van der Waals surface area contributed by atoms with Gasteiger partial charge in [-0.05, 0) is 42.8 Å². The normalized spacial score (nSPS) is 17.8. The molecule has 3 N–H and O–H groups in total. The van der Waals surface area contributed by atoms with E-state index in [4.69, 9.17) is 4.78 Å². The van der Waals surface area contributed by atoms with Crippen LogP contribution in [0.25, 0.3) is 5.82 Å². The fourth-order valence-electron chi connectivity index (χ4n) is 4.70. The first kappa shape index (κ1) is 25.7. The first-order valence-corrected chi connectivity index (χ1v) is 13.7. The molecule has 14 heteroatoms. The molecule has 0 radical (unpaired) electrons. The van der Waals surface area contributed by atoms with Crippen molar-refractivity contribution in [3.05, 3.63) is 65.0 Å². The van der Waals surface area contributed by atoms with Crippen molar-refractivity contribution in [3.8, 4) is 5.82 Å². The third-order valence-corrected chi connectivity index (χ3v) is 7.21. The Labute approximate surface area is 216 Å². The number of carbonyl (C=O) groups is 2. The minimum absolute atomic E-state index is 0.0660. The standard InChI is InChI=1S/C24H24F3N7O3S/c1-14-3-8-18(29-10-14)34-21(30-19(35)11-38(2,28)37)20-17(32-34)9-23(31-22(20)36)12-33(13-23)16-6-4-15(5-7-16)24(25,26)27/h3-8,10,28H,9,11-13H2,1-2H3,(H,30,35)(H,31,36). The minimum Gasteiger partial charge on any atom is -0.367 e. The second-order valence-corrected chi connectivity index (χ2v) is 12.1. The van der Waals surface area contributed by atoms with Gasteiger partial charge in [-0.15, -0.1) is 0 Å². The summed E-state index contributed by atoms with van der Waals surface area (Å²) in [6, 6.07) is 8.32. The van der Waals surface area contributed by atoms with Crippen LogP contribution in [-0.2, 0) is 27.1 Å². The Bertz CT molecular complexity index is 1530. The molecule has 0 aliphatic carbocycles. The van der Waals surface area contributed by atoms with Crippen LogP contribution in [-0.4, -0.2) is 61.4 Å². The van der Waals surface area contributed by atoms with Crippen LogP contribution < -0.4 is 15.5 Å². The molecule has 1 fully saturated rings. The molecule has 4 heterocycles. The van der Waals surface area contributed by atoms with Gasteiger partial charge in [-0.1, -0.05) is 6.07 Å². The van der Waals surface area contributed by atoms with Gasteiger partial charge in [0.2, 0.25) is 5.91 Å². The van der Waals surface area contributed by atoms with Gasteiger partial charge in [0.1, 0.15) is 11.3 Å². The number of nitrogens with one attached hydrogen (secondary N) is 3. The highest BCUT2D eigenvalue weighted by Gasteiger charge is 2.50. The number of rotatable bonds is 5. The zero-order chi connectivity index (χ0) is 27.5. The number of fused-ring (bicyclic) bond motifs is 1. The van der Waals surface area contributed by atoms with Gasteiger partial charge in [-0.2, -0.15) is 23.0 Å². The Morgan fingerprint density at radius 2 is 1.89 bits per heavy atom. The number of pyridine rings is 1. The quantitative estimate of drug-likeness (QED) is 0.450. The topological polar surface area (TPSA) is 133 Å². The lowest BCUT2D eigenvalue weighted by Crippen LogP contribution is -2.73. The average molecular weight is 548 g/mol. The summed E-state index contributed by atoms with van der Waals surface area (Å²) in [6.45, 7) is 2.57. The molecule has 1 atom stereocenters. The third kappa shape index (κ3) is 4.95. The number of nitrogens with zero attached hydrogens (tertiary/aromatic N) is 4. The molecule has 5 rings (SSSR count). The summed E-state index contributed by atoms with van der Waals surface area (Å²) in [5.41, 5.74) is 0.636. The molecular formula is C24H24F3N7O3S. The number of hydrogen-bond donors (Lipinski definition) is 3. The summed E-state index contributed by atoms with van der Waals surface area (Å²) in [7, 11) is -3.13. The van der Waals surface area contributed by atoms with E-state index in [0.29, 0.717) is 36.7 Å². The number of amides is 2. The molecule has 2 aromatic heterocycles. The van der Waals surface area contributed by atoms with E-state index in [1.54, 1.807) is 18.3 Å². The summed E-state index contributed by atoms with van der Waals surface area (Å²) in [5, 5.41) is 10.2. The first-order valence-electron chi connectivity index (χ1n) is 11.5. The summed E-state index contributed by atoms with van der Waals surface area (Å²) < 4.78 is 59.5. The van der Waals surface area contributed by atoms with Crippen molar-refractivity contribution in [3.63, 3.8) is 0 Å². The number of aryl methyl sites for hydroxylation is 1. The van der Waals surface area contributed by atoms with Crippen LogP contribution in [0.15, 0.2) is 42.6 Å². The lowest BCUT2D eigenvalue weighted by atomic mass is 9.80. The zero-order valence-corrected chi connectivity index (χ0v) is 21.2. The molecule has 1 aromatic carbocycles. The maximum Gasteiger partial charge on any atom is 0.416 e. The van der Waals surface area contributed by atoms with E-state index < -0.39 is 44.6 Å². The average Bonchev–Trinajstić information content (AvgIpc) is 3.14. The molecule has 1 spiro atoms. The van der Waals surface area contributed by atoms with Crippen LogP contribution in [0.3, 0.4) is 0 Å². The predicted molar refractivity (Wildman–Crippen MR) is 134 cm³/mol. The molecule has 10 nitrogen and oxygen atoms in total. The van der Waals surface area contributed by atoms with Gasteiger partial charge in [0.15, 0.2) is 11.6 Å². The Morgan fingerprint density at radius 1 is 1.21 bits per heavy atom. The zero-order valence-electron chi connectivity index (χ0n) is 20.4. The van der Waals surface area contributed by atoms with Crippen molar-refractivity contribution >= 4 is 33.0 Å². The number of halogens is 3. The van der Waals surface area contributed by atoms with Gasteiger partial charge < -0.3 is 15.5 Å². The van der Waals surface area contributed by atoms with Crippen molar-refractivity contribution < 1.29 is 27.0 Å². The van der Waals surface area contributed by atoms with E-state index in [0.717, 1.165) is 24.0 Å². The number of aromatic nitrogens is 3. The molecule has 2 amide bonds. The molecule has 0 saturated carbocycles. The Kier molecular flexibility index (Phi) is 5.97.